The smallest absolute Gasteiger partial charge is 0.334 e. The third-order valence-corrected chi connectivity index (χ3v) is 10.2. The van der Waals surface area contributed by atoms with E-state index in [0.29, 0.717) is 29.4 Å². The van der Waals surface area contributed by atoms with E-state index in [1.54, 1.807) is 9.13 Å². The molecule has 198 valence electrons. The van der Waals surface area contributed by atoms with Gasteiger partial charge < -0.3 is 9.47 Å². The molecule has 2 heterocycles. The summed E-state index contributed by atoms with van der Waals surface area (Å²) >= 11 is 6.92. The molecule has 37 heavy (non-hydrogen) atoms. The van der Waals surface area contributed by atoms with Crippen LogP contribution in [0.15, 0.2) is 53.3 Å². The molecule has 0 aliphatic rings. The van der Waals surface area contributed by atoms with Crippen LogP contribution in [0.2, 0.25) is 56.4 Å². The number of hydrogen-bond acceptors (Lipinski definition) is 4. The van der Waals surface area contributed by atoms with Crippen molar-refractivity contribution in [1.82, 2.24) is 14.1 Å². The van der Waals surface area contributed by atoms with Crippen molar-refractivity contribution in [1.29, 1.82) is 0 Å². The number of hydrogen-bond donors (Lipinski definition) is 0. The Balaban J connectivity index is 1.75. The van der Waals surface area contributed by atoms with Crippen LogP contribution in [0.1, 0.15) is 0 Å². The van der Waals surface area contributed by atoms with E-state index >= 15 is 0 Å². The van der Waals surface area contributed by atoms with Crippen molar-refractivity contribution in [3.63, 3.8) is 0 Å². The number of nitrogens with zero attached hydrogens (tertiary/aromatic N) is 3. The van der Waals surface area contributed by atoms with Crippen LogP contribution in [-0.4, -0.2) is 43.5 Å². The van der Waals surface area contributed by atoms with Gasteiger partial charge in [0, 0.05) is 40.3 Å². The zero-order valence-corrected chi connectivity index (χ0v) is 25.6. The van der Waals surface area contributed by atoms with Gasteiger partial charge in [-0.05, 0) is 29.8 Å². The second-order valence-electron chi connectivity index (χ2n) is 12.0. The molecule has 0 saturated heterocycles. The van der Waals surface area contributed by atoms with Gasteiger partial charge in [0.1, 0.15) is 13.5 Å². The minimum Gasteiger partial charge on any atom is -0.361 e. The molecule has 0 unspecified atom stereocenters. The van der Waals surface area contributed by atoms with Crippen LogP contribution in [-0.2, 0) is 22.9 Å². The maximum Gasteiger partial charge on any atom is 0.334 e. The number of halogens is 1. The molecule has 4 aromatic rings. The number of pyridine rings is 1. The van der Waals surface area contributed by atoms with E-state index in [1.165, 1.54) is 0 Å². The topological polar surface area (TPSA) is 58.3 Å². The fraction of sp³-hybridized carbons (Fsp3) is 0.429. The fourth-order valence-corrected chi connectivity index (χ4v) is 5.91. The molecule has 2 aromatic heterocycles. The van der Waals surface area contributed by atoms with Gasteiger partial charge in [-0.2, -0.15) is 0 Å². The van der Waals surface area contributed by atoms with Gasteiger partial charge in [-0.15, -0.1) is 0 Å². The van der Waals surface area contributed by atoms with E-state index in [4.69, 9.17) is 26.1 Å². The molecule has 9 heteroatoms. The van der Waals surface area contributed by atoms with Gasteiger partial charge in [0.15, 0.2) is 5.65 Å². The lowest BCUT2D eigenvalue weighted by molar-refractivity contribution is 0.0753. The van der Waals surface area contributed by atoms with Crippen molar-refractivity contribution >= 4 is 49.8 Å². The molecule has 0 fully saturated rings. The second-order valence-corrected chi connectivity index (χ2v) is 23.6. The lowest BCUT2D eigenvalue weighted by atomic mass is 10.0. The summed E-state index contributed by atoms with van der Waals surface area (Å²) in [6.45, 7) is 15.5. The number of rotatable bonds is 11. The van der Waals surface area contributed by atoms with Crippen molar-refractivity contribution in [3.8, 4) is 11.1 Å². The first-order chi connectivity index (χ1) is 17.4. The standard InChI is InChI=1S/C28H38ClN3O3Si2/c1-36(2,3)16-14-34-19-31-25-18-23-24(13-12-22(26(23)29)21-10-8-7-9-11-21)30-27(25)32(28(31)33)20-35-15-17-37(4,5)6/h7-13,18H,14-17,19-20H2,1-6H3. The van der Waals surface area contributed by atoms with Crippen LogP contribution < -0.4 is 5.69 Å². The summed E-state index contributed by atoms with van der Waals surface area (Å²) in [5.74, 6) is 0. The van der Waals surface area contributed by atoms with E-state index in [2.05, 4.69) is 39.3 Å². The first-order valence-electron chi connectivity index (χ1n) is 12.9. The van der Waals surface area contributed by atoms with E-state index < -0.39 is 16.1 Å². The lowest BCUT2D eigenvalue weighted by Gasteiger charge is -2.15. The normalized spacial score (nSPS) is 12.6. The molecule has 0 spiro atoms. The maximum atomic E-state index is 13.5. The number of fused-ring (bicyclic) bond motifs is 2. The molecule has 0 bridgehead atoms. The van der Waals surface area contributed by atoms with E-state index in [0.717, 1.165) is 34.1 Å². The number of benzene rings is 2. The fourth-order valence-electron chi connectivity index (χ4n) is 4.08. The average molecular weight is 556 g/mol. The number of ether oxygens (including phenoxy) is 2. The van der Waals surface area contributed by atoms with Gasteiger partial charge in [0.2, 0.25) is 0 Å². The molecule has 0 atom stereocenters. The Hall–Kier alpha value is -2.24. The molecule has 0 aliphatic heterocycles. The maximum absolute atomic E-state index is 13.5. The lowest BCUT2D eigenvalue weighted by Crippen LogP contribution is -2.28. The van der Waals surface area contributed by atoms with Crippen LogP contribution >= 0.6 is 11.6 Å². The molecule has 0 radical (unpaired) electrons. The highest BCUT2D eigenvalue weighted by Gasteiger charge is 2.19. The Kier molecular flexibility index (Phi) is 8.45. The first kappa shape index (κ1) is 27.8. The number of aromatic nitrogens is 3. The van der Waals surface area contributed by atoms with Gasteiger partial charge in [0.25, 0.3) is 0 Å². The van der Waals surface area contributed by atoms with Crippen molar-refractivity contribution in [3.05, 3.63) is 64.0 Å². The van der Waals surface area contributed by atoms with Gasteiger partial charge in [-0.25, -0.2) is 9.78 Å². The van der Waals surface area contributed by atoms with Crippen molar-refractivity contribution in [2.24, 2.45) is 0 Å². The zero-order chi connectivity index (χ0) is 26.8. The molecule has 0 amide bonds. The third kappa shape index (κ3) is 6.80. The van der Waals surface area contributed by atoms with Crippen molar-refractivity contribution in [2.45, 2.75) is 64.8 Å². The summed E-state index contributed by atoms with van der Waals surface area (Å²) in [5, 5.41) is 1.43. The van der Waals surface area contributed by atoms with Crippen molar-refractivity contribution in [2.75, 3.05) is 13.2 Å². The average Bonchev–Trinajstić information content (AvgIpc) is 3.08. The Morgan fingerprint density at radius 2 is 1.43 bits per heavy atom. The number of imidazole rings is 1. The monoisotopic (exact) mass is 555 g/mol. The molecule has 0 N–H and O–H groups in total. The molecule has 2 aromatic carbocycles. The summed E-state index contributed by atoms with van der Waals surface area (Å²) in [5.41, 5.74) is 3.82. The van der Waals surface area contributed by atoms with Crippen molar-refractivity contribution < 1.29 is 9.47 Å². The van der Waals surface area contributed by atoms with E-state index in [-0.39, 0.29) is 19.2 Å². The molecule has 6 nitrogen and oxygen atoms in total. The molecule has 0 saturated carbocycles. The predicted molar refractivity (Wildman–Crippen MR) is 160 cm³/mol. The van der Waals surface area contributed by atoms with Gasteiger partial charge in [-0.1, -0.05) is 87.3 Å². The highest BCUT2D eigenvalue weighted by Crippen LogP contribution is 2.35. The highest BCUT2D eigenvalue weighted by atomic mass is 35.5. The highest BCUT2D eigenvalue weighted by molar-refractivity contribution is 6.76. The Morgan fingerprint density at radius 1 is 0.838 bits per heavy atom. The van der Waals surface area contributed by atoms with Gasteiger partial charge in [-0.3, -0.25) is 9.13 Å². The van der Waals surface area contributed by atoms with E-state index in [1.807, 2.05) is 48.5 Å². The summed E-state index contributed by atoms with van der Waals surface area (Å²) in [6, 6.07) is 18.0. The minimum absolute atomic E-state index is 0.163. The quantitative estimate of drug-likeness (QED) is 0.144. The van der Waals surface area contributed by atoms with Crippen LogP contribution in [0.4, 0.5) is 0 Å². The second kappa shape index (κ2) is 11.2. The molecule has 4 rings (SSSR count). The zero-order valence-electron chi connectivity index (χ0n) is 22.8. The predicted octanol–water partition coefficient (Wildman–Crippen LogP) is 7.30. The van der Waals surface area contributed by atoms with Crippen LogP contribution in [0.25, 0.3) is 33.2 Å². The summed E-state index contributed by atoms with van der Waals surface area (Å²) in [6.07, 6.45) is 0. The summed E-state index contributed by atoms with van der Waals surface area (Å²) in [7, 11) is -2.48. The molecule has 0 aliphatic carbocycles. The summed E-state index contributed by atoms with van der Waals surface area (Å²) in [4.78, 5) is 18.4. The first-order valence-corrected chi connectivity index (χ1v) is 20.7. The third-order valence-electron chi connectivity index (χ3n) is 6.42. The Bertz CT molecular complexity index is 1440. The molecular formula is C28H38ClN3O3Si2. The van der Waals surface area contributed by atoms with Crippen LogP contribution in [0.3, 0.4) is 0 Å². The Labute approximate surface area is 226 Å². The largest absolute Gasteiger partial charge is 0.361 e. The minimum atomic E-state index is -1.24. The molecular weight excluding hydrogens is 518 g/mol. The Morgan fingerprint density at radius 3 is 2.03 bits per heavy atom. The summed E-state index contributed by atoms with van der Waals surface area (Å²) < 4.78 is 15.2. The van der Waals surface area contributed by atoms with E-state index in [9.17, 15) is 4.79 Å². The van der Waals surface area contributed by atoms with Crippen LogP contribution in [0, 0.1) is 0 Å². The SMILES string of the molecule is C[Si](C)(C)CCOCn1c(=O)n(COCC[Si](C)(C)C)c2nc3ccc(-c4ccccc4)c(Cl)c3cc21. The van der Waals surface area contributed by atoms with Crippen LogP contribution in [0.5, 0.6) is 0 Å². The van der Waals surface area contributed by atoms with Gasteiger partial charge in [0.05, 0.1) is 16.1 Å². The van der Waals surface area contributed by atoms with Gasteiger partial charge >= 0.3 is 5.69 Å².